The standard InChI is InChI=1S/C26H36O3Si/c1-5-7-14-23(15-8-6-2)26(3,29-30-4)25(28)22-18-16-21(17-19-22)24(27)20-12-10-9-11-13-20/h9-13,16-19,23H,5-8,14-15,30H2,1-4H3. The summed E-state index contributed by atoms with van der Waals surface area (Å²) >= 11 is 0. The maximum atomic E-state index is 13.6. The lowest BCUT2D eigenvalue weighted by Gasteiger charge is -2.37. The maximum absolute atomic E-state index is 13.6. The molecule has 0 aliphatic carbocycles. The Labute approximate surface area is 184 Å². The molecule has 0 aliphatic heterocycles. The van der Waals surface area contributed by atoms with Gasteiger partial charge in [0.1, 0.15) is 5.60 Å². The third-order valence-corrected chi connectivity index (χ3v) is 6.82. The van der Waals surface area contributed by atoms with Gasteiger partial charge < -0.3 is 4.43 Å². The van der Waals surface area contributed by atoms with E-state index in [1.54, 1.807) is 24.3 Å². The van der Waals surface area contributed by atoms with Crippen LogP contribution < -0.4 is 0 Å². The van der Waals surface area contributed by atoms with E-state index in [1.807, 2.05) is 37.3 Å². The molecular weight excluding hydrogens is 388 g/mol. The zero-order valence-corrected chi connectivity index (χ0v) is 20.4. The Morgan fingerprint density at radius 2 is 1.37 bits per heavy atom. The zero-order chi connectivity index (χ0) is 22.0. The maximum Gasteiger partial charge on any atom is 0.193 e. The molecule has 1 unspecified atom stereocenters. The third kappa shape index (κ3) is 5.99. The van der Waals surface area contributed by atoms with E-state index in [0.717, 1.165) is 38.5 Å². The number of benzene rings is 2. The van der Waals surface area contributed by atoms with Crippen LogP contribution in [0.25, 0.3) is 0 Å². The molecule has 0 fully saturated rings. The molecule has 162 valence electrons. The average molecular weight is 425 g/mol. The second-order valence-corrected chi connectivity index (χ2v) is 8.99. The van der Waals surface area contributed by atoms with Crippen molar-refractivity contribution in [1.29, 1.82) is 0 Å². The molecule has 0 saturated heterocycles. The van der Waals surface area contributed by atoms with Crippen molar-refractivity contribution in [3.8, 4) is 0 Å². The van der Waals surface area contributed by atoms with E-state index in [4.69, 9.17) is 4.43 Å². The first-order valence-electron chi connectivity index (χ1n) is 11.4. The summed E-state index contributed by atoms with van der Waals surface area (Å²) in [5.41, 5.74) is 1.10. The number of carbonyl (C=O) groups is 2. The lowest BCUT2D eigenvalue weighted by Crippen LogP contribution is -2.46. The Morgan fingerprint density at radius 1 is 0.867 bits per heavy atom. The van der Waals surface area contributed by atoms with E-state index >= 15 is 0 Å². The van der Waals surface area contributed by atoms with Crippen molar-refractivity contribution in [2.75, 3.05) is 0 Å². The molecule has 0 heterocycles. The molecule has 0 aromatic heterocycles. The normalized spacial score (nSPS) is 13.6. The molecule has 4 heteroatoms. The summed E-state index contributed by atoms with van der Waals surface area (Å²) < 4.78 is 6.27. The third-order valence-electron chi connectivity index (χ3n) is 5.93. The van der Waals surface area contributed by atoms with Gasteiger partial charge in [-0.05, 0) is 25.7 Å². The minimum Gasteiger partial charge on any atom is -0.411 e. The summed E-state index contributed by atoms with van der Waals surface area (Å²) in [4.78, 5) is 26.3. The predicted octanol–water partition coefficient (Wildman–Crippen LogP) is 6.00. The number of carbonyl (C=O) groups excluding carboxylic acids is 2. The molecule has 0 spiro atoms. The molecule has 3 nitrogen and oxygen atoms in total. The number of ketones is 2. The zero-order valence-electron chi connectivity index (χ0n) is 18.9. The van der Waals surface area contributed by atoms with Crippen LogP contribution in [0.15, 0.2) is 54.6 Å². The van der Waals surface area contributed by atoms with E-state index in [-0.39, 0.29) is 17.5 Å². The SMILES string of the molecule is CCCCC(CCCC)C(C)(O[SiH2]C)C(=O)c1ccc(C(=O)c2ccccc2)cc1. The second kappa shape index (κ2) is 12.0. The Balaban J connectivity index is 2.27. The van der Waals surface area contributed by atoms with Crippen molar-refractivity contribution in [2.45, 2.75) is 71.4 Å². The highest BCUT2D eigenvalue weighted by atomic mass is 28.2. The van der Waals surface area contributed by atoms with E-state index in [0.29, 0.717) is 16.7 Å². The van der Waals surface area contributed by atoms with Crippen LogP contribution in [0.2, 0.25) is 6.55 Å². The lowest BCUT2D eigenvalue weighted by molar-refractivity contribution is 0.0203. The van der Waals surface area contributed by atoms with Gasteiger partial charge in [-0.3, -0.25) is 9.59 Å². The summed E-state index contributed by atoms with van der Waals surface area (Å²) in [5.74, 6) is 0.245. The minimum atomic E-state index is -0.781. The molecular formula is C26H36O3Si. The number of Topliss-reactive ketones (excluding diaryl/α,β-unsaturated/α-hetero) is 1. The monoisotopic (exact) mass is 424 g/mol. The van der Waals surface area contributed by atoms with Gasteiger partial charge in [0.2, 0.25) is 0 Å². The number of hydrogen-bond acceptors (Lipinski definition) is 3. The van der Waals surface area contributed by atoms with Crippen LogP contribution >= 0.6 is 0 Å². The quantitative estimate of drug-likeness (QED) is 0.292. The molecule has 2 aromatic carbocycles. The van der Waals surface area contributed by atoms with Crippen LogP contribution in [0.4, 0.5) is 0 Å². The van der Waals surface area contributed by atoms with Gasteiger partial charge in [0, 0.05) is 16.7 Å². The number of unbranched alkanes of at least 4 members (excludes halogenated alkanes) is 2. The molecule has 2 aromatic rings. The molecule has 0 radical (unpaired) electrons. The summed E-state index contributed by atoms with van der Waals surface area (Å²) in [6.07, 6.45) is 6.47. The lowest BCUT2D eigenvalue weighted by atomic mass is 9.77. The van der Waals surface area contributed by atoms with Crippen molar-refractivity contribution < 1.29 is 14.0 Å². The van der Waals surface area contributed by atoms with E-state index in [9.17, 15) is 9.59 Å². The summed E-state index contributed by atoms with van der Waals surface area (Å²) in [7, 11) is -0.758. The van der Waals surface area contributed by atoms with Crippen LogP contribution in [0.5, 0.6) is 0 Å². The highest BCUT2D eigenvalue weighted by Gasteiger charge is 2.41. The van der Waals surface area contributed by atoms with Crippen LogP contribution in [0, 0.1) is 5.92 Å². The highest BCUT2D eigenvalue weighted by Crippen LogP contribution is 2.34. The van der Waals surface area contributed by atoms with Crippen LogP contribution in [-0.4, -0.2) is 26.9 Å². The second-order valence-electron chi connectivity index (χ2n) is 8.12. The molecule has 0 bridgehead atoms. The fourth-order valence-corrected chi connectivity index (χ4v) is 5.05. The fraction of sp³-hybridized carbons (Fsp3) is 0.462. The first-order chi connectivity index (χ1) is 14.5. The van der Waals surface area contributed by atoms with E-state index < -0.39 is 15.4 Å². The summed E-state index contributed by atoms with van der Waals surface area (Å²) in [5, 5.41) is 0. The summed E-state index contributed by atoms with van der Waals surface area (Å²) in [6.45, 7) is 8.45. The van der Waals surface area contributed by atoms with Gasteiger partial charge in [-0.15, -0.1) is 0 Å². The fourth-order valence-electron chi connectivity index (χ4n) is 4.08. The van der Waals surface area contributed by atoms with Gasteiger partial charge in [0.15, 0.2) is 21.3 Å². The Morgan fingerprint density at radius 3 is 1.87 bits per heavy atom. The molecule has 2 rings (SSSR count). The van der Waals surface area contributed by atoms with Crippen molar-refractivity contribution in [3.05, 3.63) is 71.3 Å². The van der Waals surface area contributed by atoms with Crippen LogP contribution in [0.3, 0.4) is 0 Å². The van der Waals surface area contributed by atoms with Gasteiger partial charge in [-0.25, -0.2) is 0 Å². The first kappa shape index (κ1) is 24.2. The van der Waals surface area contributed by atoms with Crippen LogP contribution in [-0.2, 0) is 4.43 Å². The van der Waals surface area contributed by atoms with Crippen molar-refractivity contribution in [2.24, 2.45) is 5.92 Å². The molecule has 0 amide bonds. The van der Waals surface area contributed by atoms with Crippen molar-refractivity contribution in [1.82, 2.24) is 0 Å². The molecule has 0 N–H and O–H groups in total. The molecule has 0 aliphatic rings. The van der Waals surface area contributed by atoms with Gasteiger partial charge in [-0.2, -0.15) is 0 Å². The predicted molar refractivity (Wildman–Crippen MR) is 127 cm³/mol. The molecule has 0 saturated carbocycles. The Hall–Kier alpha value is -2.04. The van der Waals surface area contributed by atoms with Crippen LogP contribution in [0.1, 0.15) is 85.6 Å². The number of hydrogen-bond donors (Lipinski definition) is 0. The summed E-state index contributed by atoms with van der Waals surface area (Å²) in [6, 6.07) is 16.3. The van der Waals surface area contributed by atoms with E-state index in [1.165, 1.54) is 0 Å². The topological polar surface area (TPSA) is 43.4 Å². The number of rotatable bonds is 13. The first-order valence-corrected chi connectivity index (χ1v) is 13.4. The van der Waals surface area contributed by atoms with Crippen molar-refractivity contribution in [3.63, 3.8) is 0 Å². The van der Waals surface area contributed by atoms with Crippen molar-refractivity contribution >= 4 is 21.3 Å². The largest absolute Gasteiger partial charge is 0.411 e. The van der Waals surface area contributed by atoms with Gasteiger partial charge >= 0.3 is 0 Å². The average Bonchev–Trinajstić information content (AvgIpc) is 2.79. The van der Waals surface area contributed by atoms with Gasteiger partial charge in [0.25, 0.3) is 0 Å². The molecule has 1 atom stereocenters. The van der Waals surface area contributed by atoms with E-state index in [2.05, 4.69) is 20.4 Å². The highest BCUT2D eigenvalue weighted by molar-refractivity contribution is 6.26. The Kier molecular flexibility index (Phi) is 9.67. The smallest absolute Gasteiger partial charge is 0.193 e. The molecule has 30 heavy (non-hydrogen) atoms. The van der Waals surface area contributed by atoms with Gasteiger partial charge in [-0.1, -0.05) is 101 Å². The van der Waals surface area contributed by atoms with Gasteiger partial charge in [0.05, 0.1) is 0 Å². The Bertz CT molecular complexity index is 793. The minimum absolute atomic E-state index is 0.0293.